The van der Waals surface area contributed by atoms with E-state index >= 15 is 0 Å². The summed E-state index contributed by atoms with van der Waals surface area (Å²) < 4.78 is 12.6. The molecular weight excluding hydrogens is 269 g/mol. The minimum Gasteiger partial charge on any atom is -0.272 e. The maximum absolute atomic E-state index is 12.6. The lowest BCUT2D eigenvalue weighted by Gasteiger charge is -1.97. The fourth-order valence-electron chi connectivity index (χ4n) is 1.16. The number of H-pyrrole nitrogens is 1. The molecule has 2 rings (SSSR count). The summed E-state index contributed by atoms with van der Waals surface area (Å²) in [6.07, 6.45) is 2.81. The molecule has 1 amide bonds. The van der Waals surface area contributed by atoms with Crippen LogP contribution in [0.25, 0.3) is 0 Å². The summed E-state index contributed by atoms with van der Waals surface area (Å²) in [7, 11) is 0. The SMILES string of the molecule is O=C(CSc1ncn[nH]1)N/N=C\c1ccc(F)cc1. The van der Waals surface area contributed by atoms with Gasteiger partial charge in [0.1, 0.15) is 12.1 Å². The minimum atomic E-state index is -0.315. The van der Waals surface area contributed by atoms with Crippen molar-refractivity contribution in [1.82, 2.24) is 20.6 Å². The van der Waals surface area contributed by atoms with Crippen LogP contribution in [0.4, 0.5) is 4.39 Å². The van der Waals surface area contributed by atoms with Gasteiger partial charge in [-0.05, 0) is 17.7 Å². The van der Waals surface area contributed by atoms with E-state index in [-0.39, 0.29) is 17.5 Å². The molecule has 0 atom stereocenters. The standard InChI is InChI=1S/C11H10FN5OS/c12-9-3-1-8(2-4-9)5-14-16-10(18)6-19-11-13-7-15-17-11/h1-5,7H,6H2,(H,16,18)(H,13,15,17)/b14-5-. The number of thioether (sulfide) groups is 1. The van der Waals surface area contributed by atoms with E-state index in [4.69, 9.17) is 0 Å². The number of hydrogen-bond donors (Lipinski definition) is 2. The average Bonchev–Trinajstić information content (AvgIpc) is 2.92. The van der Waals surface area contributed by atoms with Crippen molar-refractivity contribution in [3.05, 3.63) is 42.0 Å². The molecule has 98 valence electrons. The van der Waals surface area contributed by atoms with Gasteiger partial charge < -0.3 is 0 Å². The number of aromatic amines is 1. The first kappa shape index (κ1) is 13.2. The molecule has 1 aromatic heterocycles. The Hall–Kier alpha value is -2.22. The molecular formula is C11H10FN5OS. The quantitative estimate of drug-likeness (QED) is 0.489. The van der Waals surface area contributed by atoms with Crippen LogP contribution < -0.4 is 5.43 Å². The molecule has 0 spiro atoms. The Morgan fingerprint density at radius 2 is 2.26 bits per heavy atom. The topological polar surface area (TPSA) is 83.0 Å². The van der Waals surface area contributed by atoms with Crippen LogP contribution in [0, 0.1) is 5.82 Å². The zero-order chi connectivity index (χ0) is 13.5. The van der Waals surface area contributed by atoms with Crippen LogP contribution in [0.1, 0.15) is 5.56 Å². The van der Waals surface area contributed by atoms with E-state index in [9.17, 15) is 9.18 Å². The summed E-state index contributed by atoms with van der Waals surface area (Å²) in [5.74, 6) is -0.403. The fourth-order valence-corrected chi connectivity index (χ4v) is 1.73. The summed E-state index contributed by atoms with van der Waals surface area (Å²) in [5.41, 5.74) is 3.06. The predicted octanol–water partition coefficient (Wildman–Crippen LogP) is 1.19. The Labute approximate surface area is 112 Å². The Kier molecular flexibility index (Phi) is 4.62. The number of carbonyl (C=O) groups excluding carboxylic acids is 1. The molecule has 0 aliphatic rings. The van der Waals surface area contributed by atoms with Crippen molar-refractivity contribution in [2.24, 2.45) is 5.10 Å². The van der Waals surface area contributed by atoms with E-state index in [0.717, 1.165) is 0 Å². The van der Waals surface area contributed by atoms with Gasteiger partial charge in [-0.3, -0.25) is 9.89 Å². The van der Waals surface area contributed by atoms with E-state index in [2.05, 4.69) is 25.7 Å². The highest BCUT2D eigenvalue weighted by Crippen LogP contribution is 2.09. The van der Waals surface area contributed by atoms with Crippen molar-refractivity contribution >= 4 is 23.9 Å². The van der Waals surface area contributed by atoms with Crippen LogP contribution in [-0.4, -0.2) is 33.1 Å². The summed E-state index contributed by atoms with van der Waals surface area (Å²) in [4.78, 5) is 15.3. The van der Waals surface area contributed by atoms with Crippen LogP contribution in [0.5, 0.6) is 0 Å². The Bertz CT molecular complexity index is 555. The van der Waals surface area contributed by atoms with E-state index in [1.807, 2.05) is 0 Å². The Morgan fingerprint density at radius 1 is 1.47 bits per heavy atom. The van der Waals surface area contributed by atoms with Gasteiger partial charge >= 0.3 is 0 Å². The van der Waals surface area contributed by atoms with E-state index in [1.165, 1.54) is 36.4 Å². The molecule has 0 unspecified atom stereocenters. The van der Waals surface area contributed by atoms with Crippen molar-refractivity contribution in [2.75, 3.05) is 5.75 Å². The summed E-state index contributed by atoms with van der Waals surface area (Å²) >= 11 is 1.22. The maximum Gasteiger partial charge on any atom is 0.250 e. The van der Waals surface area contributed by atoms with Crippen molar-refractivity contribution in [3.8, 4) is 0 Å². The van der Waals surface area contributed by atoms with E-state index in [1.54, 1.807) is 12.1 Å². The lowest BCUT2D eigenvalue weighted by atomic mass is 10.2. The summed E-state index contributed by atoms with van der Waals surface area (Å²) in [5, 5.41) is 10.6. The largest absolute Gasteiger partial charge is 0.272 e. The monoisotopic (exact) mass is 279 g/mol. The highest BCUT2D eigenvalue weighted by atomic mass is 32.2. The number of hydrazone groups is 1. The second-order valence-electron chi connectivity index (χ2n) is 3.42. The predicted molar refractivity (Wildman–Crippen MR) is 69.2 cm³/mol. The Morgan fingerprint density at radius 3 is 2.95 bits per heavy atom. The van der Waals surface area contributed by atoms with Crippen LogP contribution in [-0.2, 0) is 4.79 Å². The zero-order valence-corrected chi connectivity index (χ0v) is 10.5. The second-order valence-corrected chi connectivity index (χ2v) is 4.39. The van der Waals surface area contributed by atoms with Crippen molar-refractivity contribution < 1.29 is 9.18 Å². The summed E-state index contributed by atoms with van der Waals surface area (Å²) in [6.45, 7) is 0. The average molecular weight is 279 g/mol. The molecule has 2 N–H and O–H groups in total. The van der Waals surface area contributed by atoms with Gasteiger partial charge in [-0.25, -0.2) is 14.8 Å². The molecule has 0 saturated carbocycles. The number of aromatic nitrogens is 3. The summed E-state index contributed by atoms with van der Waals surface area (Å²) in [6, 6.07) is 5.77. The second kappa shape index (κ2) is 6.64. The molecule has 2 aromatic rings. The molecule has 0 saturated heterocycles. The number of halogens is 1. The molecule has 19 heavy (non-hydrogen) atoms. The van der Waals surface area contributed by atoms with Crippen LogP contribution in [0.3, 0.4) is 0 Å². The van der Waals surface area contributed by atoms with Gasteiger partial charge in [0.25, 0.3) is 5.91 Å². The number of benzene rings is 1. The molecule has 0 radical (unpaired) electrons. The maximum atomic E-state index is 12.6. The molecule has 0 fully saturated rings. The van der Waals surface area contributed by atoms with Gasteiger partial charge in [-0.15, -0.1) is 0 Å². The number of carbonyl (C=O) groups is 1. The van der Waals surface area contributed by atoms with Crippen molar-refractivity contribution in [1.29, 1.82) is 0 Å². The number of nitrogens with one attached hydrogen (secondary N) is 2. The molecule has 0 bridgehead atoms. The lowest BCUT2D eigenvalue weighted by molar-refractivity contribution is -0.118. The Balaban J connectivity index is 1.75. The first-order valence-corrected chi connectivity index (χ1v) is 6.28. The molecule has 0 aliphatic heterocycles. The third kappa shape index (κ3) is 4.51. The number of rotatable bonds is 5. The minimum absolute atomic E-state index is 0.177. The lowest BCUT2D eigenvalue weighted by Crippen LogP contribution is -2.19. The molecule has 6 nitrogen and oxygen atoms in total. The van der Waals surface area contributed by atoms with Gasteiger partial charge in [0.15, 0.2) is 5.16 Å². The first-order chi connectivity index (χ1) is 9.24. The number of nitrogens with zero attached hydrogens (tertiary/aromatic N) is 3. The normalized spacial score (nSPS) is 10.8. The number of amides is 1. The van der Waals surface area contributed by atoms with Crippen LogP contribution in [0.2, 0.25) is 0 Å². The van der Waals surface area contributed by atoms with Crippen molar-refractivity contribution in [2.45, 2.75) is 5.16 Å². The van der Waals surface area contributed by atoms with Gasteiger partial charge in [-0.1, -0.05) is 23.9 Å². The van der Waals surface area contributed by atoms with E-state index < -0.39 is 0 Å². The highest BCUT2D eigenvalue weighted by Gasteiger charge is 2.02. The van der Waals surface area contributed by atoms with Gasteiger partial charge in [-0.2, -0.15) is 10.2 Å². The molecule has 1 aromatic carbocycles. The third-order valence-corrected chi connectivity index (χ3v) is 2.88. The van der Waals surface area contributed by atoms with Crippen LogP contribution >= 0.6 is 11.8 Å². The molecule has 0 aliphatic carbocycles. The first-order valence-electron chi connectivity index (χ1n) is 5.29. The van der Waals surface area contributed by atoms with Gasteiger partial charge in [0.05, 0.1) is 12.0 Å². The molecule has 1 heterocycles. The van der Waals surface area contributed by atoms with Crippen molar-refractivity contribution in [3.63, 3.8) is 0 Å². The van der Waals surface area contributed by atoms with E-state index in [0.29, 0.717) is 10.7 Å². The number of hydrogen-bond acceptors (Lipinski definition) is 5. The third-order valence-electron chi connectivity index (χ3n) is 2.01. The smallest absolute Gasteiger partial charge is 0.250 e. The molecule has 8 heteroatoms. The van der Waals surface area contributed by atoms with Gasteiger partial charge in [0, 0.05) is 0 Å². The zero-order valence-electron chi connectivity index (χ0n) is 9.71. The highest BCUT2D eigenvalue weighted by molar-refractivity contribution is 7.99. The van der Waals surface area contributed by atoms with Crippen LogP contribution in [0.15, 0.2) is 40.9 Å². The fraction of sp³-hybridized carbons (Fsp3) is 0.0909. The van der Waals surface area contributed by atoms with Gasteiger partial charge in [0.2, 0.25) is 0 Å².